The second-order valence-electron chi connectivity index (χ2n) is 5.34. The summed E-state index contributed by atoms with van der Waals surface area (Å²) in [7, 11) is 1.70. The number of rotatable bonds is 5. The number of amides is 2. The largest absolute Gasteiger partial charge is 0.478 e. The molecule has 0 heterocycles. The zero-order valence-corrected chi connectivity index (χ0v) is 12.4. The summed E-state index contributed by atoms with van der Waals surface area (Å²) >= 11 is 0. The molecule has 0 spiro atoms. The number of anilines is 1. The first-order chi connectivity index (χ1) is 9.32. The SMILES string of the molecule is Cc1cccc(C(=O)O)c1NC(=O)N(C)CCC(C)C. The number of para-hydroxylation sites is 1. The van der Waals surface area contributed by atoms with Gasteiger partial charge >= 0.3 is 12.0 Å². The third-order valence-corrected chi connectivity index (χ3v) is 3.12. The molecule has 20 heavy (non-hydrogen) atoms. The van der Waals surface area contributed by atoms with Crippen LogP contribution in [0.25, 0.3) is 0 Å². The van der Waals surface area contributed by atoms with E-state index in [9.17, 15) is 9.59 Å². The minimum atomic E-state index is -1.05. The van der Waals surface area contributed by atoms with E-state index in [1.807, 2.05) is 0 Å². The molecule has 5 heteroatoms. The van der Waals surface area contributed by atoms with Gasteiger partial charge in [0.05, 0.1) is 11.3 Å². The highest BCUT2D eigenvalue weighted by molar-refractivity contribution is 6.00. The molecular formula is C15H22N2O3. The summed E-state index contributed by atoms with van der Waals surface area (Å²) in [6, 6.07) is 4.63. The number of aryl methyl sites for hydroxylation is 1. The van der Waals surface area contributed by atoms with Crippen molar-refractivity contribution in [1.29, 1.82) is 0 Å². The molecule has 0 aliphatic heterocycles. The van der Waals surface area contributed by atoms with Crippen molar-refractivity contribution < 1.29 is 14.7 Å². The fourth-order valence-electron chi connectivity index (χ4n) is 1.77. The quantitative estimate of drug-likeness (QED) is 0.869. The minimum Gasteiger partial charge on any atom is -0.478 e. The molecule has 0 bridgehead atoms. The van der Waals surface area contributed by atoms with Gasteiger partial charge in [-0.25, -0.2) is 9.59 Å². The fourth-order valence-corrected chi connectivity index (χ4v) is 1.77. The van der Waals surface area contributed by atoms with Crippen LogP contribution in [0.4, 0.5) is 10.5 Å². The minimum absolute atomic E-state index is 0.107. The number of hydrogen-bond acceptors (Lipinski definition) is 2. The summed E-state index contributed by atoms with van der Waals surface area (Å²) in [5, 5.41) is 11.8. The number of urea groups is 1. The maximum Gasteiger partial charge on any atom is 0.337 e. The van der Waals surface area contributed by atoms with Crippen LogP contribution >= 0.6 is 0 Å². The highest BCUT2D eigenvalue weighted by Gasteiger charge is 2.16. The van der Waals surface area contributed by atoms with E-state index in [1.165, 1.54) is 6.07 Å². The molecule has 1 aromatic carbocycles. The first-order valence-electron chi connectivity index (χ1n) is 6.68. The number of carboxylic acids is 1. The molecule has 0 radical (unpaired) electrons. The second kappa shape index (κ2) is 6.93. The summed E-state index contributed by atoms with van der Waals surface area (Å²) in [4.78, 5) is 24.8. The topological polar surface area (TPSA) is 69.6 Å². The van der Waals surface area contributed by atoms with E-state index < -0.39 is 5.97 Å². The molecule has 5 nitrogen and oxygen atoms in total. The van der Waals surface area contributed by atoms with E-state index >= 15 is 0 Å². The molecule has 110 valence electrons. The molecule has 1 rings (SSSR count). The van der Waals surface area contributed by atoms with Gasteiger partial charge in [0, 0.05) is 13.6 Å². The summed E-state index contributed by atoms with van der Waals surface area (Å²) in [6.07, 6.45) is 0.906. The average molecular weight is 278 g/mol. The smallest absolute Gasteiger partial charge is 0.337 e. The lowest BCUT2D eigenvalue weighted by Crippen LogP contribution is -2.33. The molecule has 0 aliphatic rings. The Hall–Kier alpha value is -2.04. The predicted molar refractivity (Wildman–Crippen MR) is 79.2 cm³/mol. The Labute approximate surface area is 119 Å². The van der Waals surface area contributed by atoms with Crippen molar-refractivity contribution in [2.45, 2.75) is 27.2 Å². The monoisotopic (exact) mass is 278 g/mol. The molecule has 0 saturated heterocycles. The maximum atomic E-state index is 12.1. The van der Waals surface area contributed by atoms with E-state index in [1.54, 1.807) is 31.0 Å². The van der Waals surface area contributed by atoms with Gasteiger partial charge in [0.25, 0.3) is 0 Å². The van der Waals surface area contributed by atoms with Crippen LogP contribution in [0, 0.1) is 12.8 Å². The number of carboxylic acid groups (broad SMARTS) is 1. The summed E-state index contributed by atoms with van der Waals surface area (Å²) in [5.41, 5.74) is 1.20. The van der Waals surface area contributed by atoms with Crippen LogP contribution in [-0.4, -0.2) is 35.6 Å². The van der Waals surface area contributed by atoms with E-state index in [4.69, 9.17) is 5.11 Å². The van der Waals surface area contributed by atoms with Crippen molar-refractivity contribution in [3.63, 3.8) is 0 Å². The first-order valence-corrected chi connectivity index (χ1v) is 6.68. The van der Waals surface area contributed by atoms with Gasteiger partial charge in [-0.05, 0) is 30.9 Å². The Bertz CT molecular complexity index is 498. The van der Waals surface area contributed by atoms with Gasteiger partial charge in [0.15, 0.2) is 0 Å². The van der Waals surface area contributed by atoms with E-state index in [-0.39, 0.29) is 11.6 Å². The highest BCUT2D eigenvalue weighted by Crippen LogP contribution is 2.21. The maximum absolute atomic E-state index is 12.1. The van der Waals surface area contributed by atoms with E-state index in [0.29, 0.717) is 18.2 Å². The van der Waals surface area contributed by atoms with Crippen LogP contribution in [-0.2, 0) is 0 Å². The average Bonchev–Trinajstić information content (AvgIpc) is 2.37. The molecule has 0 saturated carbocycles. The van der Waals surface area contributed by atoms with Gasteiger partial charge in [-0.1, -0.05) is 26.0 Å². The molecule has 0 aromatic heterocycles. The molecule has 0 atom stereocenters. The Morgan fingerprint density at radius 1 is 1.35 bits per heavy atom. The number of aromatic carboxylic acids is 1. The summed E-state index contributed by atoms with van der Waals surface area (Å²) in [5.74, 6) is -0.535. The van der Waals surface area contributed by atoms with Gasteiger partial charge in [0.2, 0.25) is 0 Å². The highest BCUT2D eigenvalue weighted by atomic mass is 16.4. The summed E-state index contributed by atoms with van der Waals surface area (Å²) < 4.78 is 0. The van der Waals surface area contributed by atoms with Crippen LogP contribution in [0.1, 0.15) is 36.2 Å². The van der Waals surface area contributed by atoms with Crippen molar-refractivity contribution >= 4 is 17.7 Å². The van der Waals surface area contributed by atoms with Crippen molar-refractivity contribution in [1.82, 2.24) is 4.90 Å². The second-order valence-corrected chi connectivity index (χ2v) is 5.34. The molecule has 2 amide bonds. The predicted octanol–water partition coefficient (Wildman–Crippen LogP) is 3.20. The van der Waals surface area contributed by atoms with Crippen LogP contribution in [0.15, 0.2) is 18.2 Å². The molecular weight excluding hydrogens is 256 g/mol. The third-order valence-electron chi connectivity index (χ3n) is 3.12. The number of nitrogens with one attached hydrogen (secondary N) is 1. The van der Waals surface area contributed by atoms with Gasteiger partial charge < -0.3 is 15.3 Å². The van der Waals surface area contributed by atoms with Crippen molar-refractivity contribution in [2.75, 3.05) is 18.9 Å². The van der Waals surface area contributed by atoms with Crippen molar-refractivity contribution in [3.05, 3.63) is 29.3 Å². The van der Waals surface area contributed by atoms with E-state index in [0.717, 1.165) is 12.0 Å². The standard InChI is InChI=1S/C15H22N2O3/c1-10(2)8-9-17(4)15(20)16-13-11(3)6-5-7-12(13)14(18)19/h5-7,10H,8-9H2,1-4H3,(H,16,20)(H,18,19). The van der Waals surface area contributed by atoms with Crippen LogP contribution < -0.4 is 5.32 Å². The zero-order valence-electron chi connectivity index (χ0n) is 12.4. The lowest BCUT2D eigenvalue weighted by molar-refractivity contribution is 0.0698. The first kappa shape index (κ1) is 16.0. The van der Waals surface area contributed by atoms with Gasteiger partial charge in [0.1, 0.15) is 0 Å². The molecule has 0 fully saturated rings. The van der Waals surface area contributed by atoms with Gasteiger partial charge in [-0.2, -0.15) is 0 Å². The summed E-state index contributed by atoms with van der Waals surface area (Å²) in [6.45, 7) is 6.60. The number of hydrogen-bond donors (Lipinski definition) is 2. The van der Waals surface area contributed by atoms with Crippen LogP contribution in [0.2, 0.25) is 0 Å². The fraction of sp³-hybridized carbons (Fsp3) is 0.467. The third kappa shape index (κ3) is 4.26. The Balaban J connectivity index is 2.82. The number of carbonyl (C=O) groups excluding carboxylic acids is 1. The Kier molecular flexibility index (Phi) is 5.55. The number of nitrogens with zero attached hydrogens (tertiary/aromatic N) is 1. The van der Waals surface area contributed by atoms with E-state index in [2.05, 4.69) is 19.2 Å². The molecule has 0 unspecified atom stereocenters. The lowest BCUT2D eigenvalue weighted by Gasteiger charge is -2.20. The van der Waals surface area contributed by atoms with Gasteiger partial charge in [-0.3, -0.25) is 0 Å². The zero-order chi connectivity index (χ0) is 15.3. The van der Waals surface area contributed by atoms with Gasteiger partial charge in [-0.15, -0.1) is 0 Å². The number of carbonyl (C=O) groups is 2. The molecule has 1 aromatic rings. The molecule has 2 N–H and O–H groups in total. The van der Waals surface area contributed by atoms with Crippen molar-refractivity contribution in [2.24, 2.45) is 5.92 Å². The molecule has 0 aliphatic carbocycles. The lowest BCUT2D eigenvalue weighted by atomic mass is 10.1. The van der Waals surface area contributed by atoms with Crippen LogP contribution in [0.3, 0.4) is 0 Å². The Morgan fingerprint density at radius 2 is 2.00 bits per heavy atom. The normalized spacial score (nSPS) is 10.4. The van der Waals surface area contributed by atoms with Crippen LogP contribution in [0.5, 0.6) is 0 Å². The van der Waals surface area contributed by atoms with Crippen molar-refractivity contribution in [3.8, 4) is 0 Å². The number of benzene rings is 1. The Morgan fingerprint density at radius 3 is 2.55 bits per heavy atom.